The molecule has 4 heteroatoms. The minimum Gasteiger partial charge on any atom is -0.309 e. The van der Waals surface area contributed by atoms with Crippen molar-refractivity contribution in [2.75, 3.05) is 0 Å². The lowest BCUT2D eigenvalue weighted by Gasteiger charge is -2.21. The second-order valence-corrected chi connectivity index (χ2v) is 6.53. The fourth-order valence-corrected chi connectivity index (χ4v) is 3.38. The molecular formula is C24H17F2NO. The minimum atomic E-state index is -0.716. The van der Waals surface area contributed by atoms with Crippen molar-refractivity contribution < 1.29 is 8.78 Å². The molecule has 0 spiro atoms. The van der Waals surface area contributed by atoms with Gasteiger partial charge in [0.2, 0.25) is 0 Å². The molecule has 0 radical (unpaired) electrons. The minimum absolute atomic E-state index is 0.166. The molecule has 0 saturated heterocycles. The Morgan fingerprint density at radius 1 is 0.786 bits per heavy atom. The molecule has 0 saturated carbocycles. The van der Waals surface area contributed by atoms with Gasteiger partial charge in [0.25, 0.3) is 0 Å². The molecule has 1 aromatic heterocycles. The Hall–Kier alpha value is -3.53. The smallest absolute Gasteiger partial charge is 0.185 e. The van der Waals surface area contributed by atoms with E-state index in [0.717, 1.165) is 17.3 Å². The molecule has 138 valence electrons. The van der Waals surface area contributed by atoms with Crippen molar-refractivity contribution in [1.82, 2.24) is 4.57 Å². The van der Waals surface area contributed by atoms with E-state index in [-0.39, 0.29) is 11.0 Å². The summed E-state index contributed by atoms with van der Waals surface area (Å²) in [5, 5.41) is 0. The highest BCUT2D eigenvalue weighted by atomic mass is 19.1. The maximum atomic E-state index is 14.6. The third-order valence-electron chi connectivity index (χ3n) is 4.73. The number of pyridine rings is 1. The number of halogens is 2. The van der Waals surface area contributed by atoms with Crippen LogP contribution in [0, 0.1) is 18.6 Å². The van der Waals surface area contributed by atoms with Crippen molar-refractivity contribution in [3.05, 3.63) is 112 Å². The van der Waals surface area contributed by atoms with Crippen LogP contribution in [0.4, 0.5) is 8.78 Å². The van der Waals surface area contributed by atoms with Gasteiger partial charge in [0, 0.05) is 28.9 Å². The lowest BCUT2D eigenvalue weighted by molar-refractivity contribution is 0.585. The molecule has 0 bridgehead atoms. The molecule has 1 heterocycles. The van der Waals surface area contributed by atoms with Gasteiger partial charge in [-0.2, -0.15) is 0 Å². The van der Waals surface area contributed by atoms with Gasteiger partial charge in [0.15, 0.2) is 5.43 Å². The summed E-state index contributed by atoms with van der Waals surface area (Å²) < 4.78 is 30.0. The van der Waals surface area contributed by atoms with Gasteiger partial charge >= 0.3 is 0 Å². The van der Waals surface area contributed by atoms with Crippen LogP contribution in [-0.4, -0.2) is 4.57 Å². The summed E-state index contributed by atoms with van der Waals surface area (Å²) >= 11 is 0. The molecule has 0 aliphatic heterocycles. The summed E-state index contributed by atoms with van der Waals surface area (Å²) in [5.41, 5.74) is 3.19. The van der Waals surface area contributed by atoms with Crippen LogP contribution >= 0.6 is 0 Å². The molecule has 0 aliphatic carbocycles. The highest BCUT2D eigenvalue weighted by molar-refractivity contribution is 5.73. The molecule has 0 aliphatic rings. The van der Waals surface area contributed by atoms with Crippen LogP contribution < -0.4 is 5.43 Å². The van der Waals surface area contributed by atoms with Crippen molar-refractivity contribution in [2.45, 2.75) is 6.92 Å². The lowest BCUT2D eigenvalue weighted by Crippen LogP contribution is -2.16. The highest BCUT2D eigenvalue weighted by Crippen LogP contribution is 2.32. The van der Waals surface area contributed by atoms with Gasteiger partial charge in [-0.05, 0) is 36.8 Å². The van der Waals surface area contributed by atoms with Crippen LogP contribution in [0.15, 0.2) is 89.7 Å². The quantitative estimate of drug-likeness (QED) is 0.448. The van der Waals surface area contributed by atoms with E-state index in [1.807, 2.05) is 65.2 Å². The summed E-state index contributed by atoms with van der Waals surface area (Å²) in [6, 6.07) is 23.7. The topological polar surface area (TPSA) is 22.0 Å². The predicted molar refractivity (Wildman–Crippen MR) is 108 cm³/mol. The van der Waals surface area contributed by atoms with Crippen LogP contribution in [0.2, 0.25) is 0 Å². The Kier molecular flexibility index (Phi) is 4.62. The SMILES string of the molecule is Cc1c(-c2ccccc2)n(-c2ccccc2)c(-c2ccc(F)cc2F)cc1=O. The molecule has 0 atom stereocenters. The Labute approximate surface area is 161 Å². The fraction of sp³-hybridized carbons (Fsp3) is 0.0417. The number of aromatic nitrogens is 1. The first kappa shape index (κ1) is 17.9. The first-order valence-electron chi connectivity index (χ1n) is 8.89. The molecule has 0 N–H and O–H groups in total. The monoisotopic (exact) mass is 373 g/mol. The van der Waals surface area contributed by atoms with Crippen molar-refractivity contribution >= 4 is 0 Å². The second kappa shape index (κ2) is 7.24. The lowest BCUT2D eigenvalue weighted by atomic mass is 10.0. The molecular weight excluding hydrogens is 356 g/mol. The van der Waals surface area contributed by atoms with Crippen LogP contribution in [0.1, 0.15) is 5.56 Å². The van der Waals surface area contributed by atoms with Crippen molar-refractivity contribution in [3.8, 4) is 28.2 Å². The van der Waals surface area contributed by atoms with E-state index < -0.39 is 11.6 Å². The van der Waals surface area contributed by atoms with Gasteiger partial charge in [-0.1, -0.05) is 48.5 Å². The van der Waals surface area contributed by atoms with E-state index >= 15 is 0 Å². The maximum absolute atomic E-state index is 14.6. The van der Waals surface area contributed by atoms with Gasteiger partial charge in [-0.25, -0.2) is 8.78 Å². The third-order valence-corrected chi connectivity index (χ3v) is 4.73. The highest BCUT2D eigenvalue weighted by Gasteiger charge is 2.19. The summed E-state index contributed by atoms with van der Waals surface area (Å²) in [7, 11) is 0. The van der Waals surface area contributed by atoms with Crippen LogP contribution in [0.5, 0.6) is 0 Å². The summed E-state index contributed by atoms with van der Waals surface area (Å²) in [6.07, 6.45) is 0. The molecule has 28 heavy (non-hydrogen) atoms. The number of rotatable bonds is 3. The molecule has 4 aromatic rings. The number of hydrogen-bond donors (Lipinski definition) is 0. The van der Waals surface area contributed by atoms with E-state index in [1.165, 1.54) is 18.2 Å². The molecule has 0 amide bonds. The zero-order chi connectivity index (χ0) is 19.7. The summed E-state index contributed by atoms with van der Waals surface area (Å²) in [5.74, 6) is -1.38. The summed E-state index contributed by atoms with van der Waals surface area (Å²) in [6.45, 7) is 1.76. The van der Waals surface area contributed by atoms with Gasteiger partial charge in [0.1, 0.15) is 11.6 Å². The Bertz CT molecular complexity index is 1200. The van der Waals surface area contributed by atoms with Gasteiger partial charge in [-0.15, -0.1) is 0 Å². The van der Waals surface area contributed by atoms with Crippen LogP contribution in [-0.2, 0) is 0 Å². The normalized spacial score (nSPS) is 10.8. The van der Waals surface area contributed by atoms with E-state index in [0.29, 0.717) is 17.0 Å². The molecule has 2 nitrogen and oxygen atoms in total. The Morgan fingerprint density at radius 2 is 1.43 bits per heavy atom. The first-order chi connectivity index (χ1) is 13.6. The van der Waals surface area contributed by atoms with Crippen molar-refractivity contribution in [2.24, 2.45) is 0 Å². The summed E-state index contributed by atoms with van der Waals surface area (Å²) in [4.78, 5) is 12.8. The van der Waals surface area contributed by atoms with Crippen LogP contribution in [0.25, 0.3) is 28.2 Å². The second-order valence-electron chi connectivity index (χ2n) is 6.53. The van der Waals surface area contributed by atoms with Crippen molar-refractivity contribution in [3.63, 3.8) is 0 Å². The van der Waals surface area contributed by atoms with Gasteiger partial charge in [0.05, 0.1) is 11.4 Å². The Balaban J connectivity index is 2.15. The molecule has 4 rings (SSSR count). The van der Waals surface area contributed by atoms with E-state index in [1.54, 1.807) is 6.92 Å². The zero-order valence-electron chi connectivity index (χ0n) is 15.2. The van der Waals surface area contributed by atoms with Crippen LogP contribution in [0.3, 0.4) is 0 Å². The van der Waals surface area contributed by atoms with Crippen molar-refractivity contribution in [1.29, 1.82) is 0 Å². The van der Waals surface area contributed by atoms with E-state index in [4.69, 9.17) is 0 Å². The largest absolute Gasteiger partial charge is 0.309 e. The number of para-hydroxylation sites is 1. The zero-order valence-corrected chi connectivity index (χ0v) is 15.2. The molecule has 0 fully saturated rings. The van der Waals surface area contributed by atoms with E-state index in [9.17, 15) is 13.6 Å². The third kappa shape index (κ3) is 3.14. The van der Waals surface area contributed by atoms with Gasteiger partial charge in [-0.3, -0.25) is 4.79 Å². The maximum Gasteiger partial charge on any atom is 0.185 e. The number of benzene rings is 3. The average Bonchev–Trinajstić information content (AvgIpc) is 2.71. The first-order valence-corrected chi connectivity index (χ1v) is 8.89. The number of hydrogen-bond acceptors (Lipinski definition) is 1. The number of nitrogens with zero attached hydrogens (tertiary/aromatic N) is 1. The molecule has 0 unspecified atom stereocenters. The average molecular weight is 373 g/mol. The molecule has 3 aromatic carbocycles. The standard InChI is InChI=1S/C24H17F2NO/c1-16-23(28)15-22(20-13-12-18(25)14-21(20)26)27(19-10-6-3-7-11-19)24(16)17-8-4-2-5-9-17/h2-15H,1H3. The van der Waals surface area contributed by atoms with Gasteiger partial charge < -0.3 is 4.57 Å². The Morgan fingerprint density at radius 3 is 2.07 bits per heavy atom. The fourth-order valence-electron chi connectivity index (χ4n) is 3.38. The van der Waals surface area contributed by atoms with E-state index in [2.05, 4.69) is 0 Å². The predicted octanol–water partition coefficient (Wildman–Crippen LogP) is 5.76.